The van der Waals surface area contributed by atoms with Gasteiger partial charge in [-0.15, -0.1) is 0 Å². The number of rotatable bonds is 3. The van der Waals surface area contributed by atoms with E-state index < -0.39 is 15.6 Å². The number of nitrogens with zero attached hydrogens (tertiary/aromatic N) is 2. The summed E-state index contributed by atoms with van der Waals surface area (Å²) in [5.41, 5.74) is -0.794. The molecule has 1 amide bonds. The molecule has 2 aliphatic heterocycles. The normalized spacial score (nSPS) is 22.9. The largest absolute Gasteiger partial charge is 0.312 e. The van der Waals surface area contributed by atoms with E-state index in [-0.39, 0.29) is 5.91 Å². The van der Waals surface area contributed by atoms with Crippen LogP contribution >= 0.6 is 0 Å². The van der Waals surface area contributed by atoms with Gasteiger partial charge in [0.25, 0.3) is 5.91 Å². The van der Waals surface area contributed by atoms with E-state index in [2.05, 4.69) is 5.32 Å². The highest BCUT2D eigenvalue weighted by Crippen LogP contribution is 2.36. The third-order valence-electron chi connectivity index (χ3n) is 6.91. The Bertz CT molecular complexity index is 1110. The number of hydrogen-bond acceptors (Lipinski definition) is 4. The Morgan fingerprint density at radius 1 is 0.967 bits per heavy atom. The van der Waals surface area contributed by atoms with Gasteiger partial charge in [0, 0.05) is 24.4 Å². The van der Waals surface area contributed by atoms with E-state index in [0.29, 0.717) is 36.7 Å². The summed E-state index contributed by atoms with van der Waals surface area (Å²) in [7, 11) is -3.63. The molecule has 30 heavy (non-hydrogen) atoms. The average Bonchev–Trinajstić information content (AvgIpc) is 3.10. The maximum absolute atomic E-state index is 13.4. The summed E-state index contributed by atoms with van der Waals surface area (Å²) < 4.78 is 28.3. The lowest BCUT2D eigenvalue weighted by Crippen LogP contribution is -2.50. The van der Waals surface area contributed by atoms with Crippen LogP contribution in [0.25, 0.3) is 10.8 Å². The number of carbonyl (C=O) groups excluding carboxylic acids is 1. The molecule has 1 N–H and O–H groups in total. The quantitative estimate of drug-likeness (QED) is 0.818. The first-order valence-corrected chi connectivity index (χ1v) is 12.3. The van der Waals surface area contributed by atoms with Crippen molar-refractivity contribution in [3.63, 3.8) is 0 Å². The van der Waals surface area contributed by atoms with Gasteiger partial charge in [-0.2, -0.15) is 4.31 Å². The maximum atomic E-state index is 13.4. The van der Waals surface area contributed by atoms with Gasteiger partial charge in [0.15, 0.2) is 0 Å². The Balaban J connectivity index is 1.37. The van der Waals surface area contributed by atoms with Crippen LogP contribution in [0, 0.1) is 5.92 Å². The van der Waals surface area contributed by atoms with Gasteiger partial charge in [0.1, 0.15) is 11.4 Å². The summed E-state index contributed by atoms with van der Waals surface area (Å²) in [4.78, 5) is 18.0. The summed E-state index contributed by atoms with van der Waals surface area (Å²) in [5, 5.41) is 4.68. The SMILES string of the molecule is O=C1NC(C2CCCCC2)=NC12CCN(S(=O)(=O)c1cccc3ccccc13)CC2. The van der Waals surface area contributed by atoms with E-state index in [1.807, 2.05) is 30.3 Å². The minimum absolute atomic E-state index is 0.0507. The second-order valence-electron chi connectivity index (χ2n) is 8.70. The Morgan fingerprint density at radius 2 is 1.67 bits per heavy atom. The van der Waals surface area contributed by atoms with E-state index in [0.717, 1.165) is 29.4 Å². The van der Waals surface area contributed by atoms with Gasteiger partial charge in [-0.05, 0) is 37.1 Å². The molecule has 1 spiro atoms. The van der Waals surface area contributed by atoms with Crippen LogP contribution in [-0.4, -0.2) is 43.1 Å². The second-order valence-corrected chi connectivity index (χ2v) is 10.6. The molecule has 7 heteroatoms. The van der Waals surface area contributed by atoms with Crippen LogP contribution in [0.15, 0.2) is 52.4 Å². The number of amides is 1. The van der Waals surface area contributed by atoms with Crippen LogP contribution in [-0.2, 0) is 14.8 Å². The molecule has 158 valence electrons. The number of fused-ring (bicyclic) bond motifs is 1. The fourth-order valence-corrected chi connectivity index (χ4v) is 6.76. The van der Waals surface area contributed by atoms with Gasteiger partial charge in [0.05, 0.1) is 4.90 Å². The zero-order valence-corrected chi connectivity index (χ0v) is 17.8. The molecule has 0 atom stereocenters. The van der Waals surface area contributed by atoms with Gasteiger partial charge in [-0.25, -0.2) is 8.42 Å². The maximum Gasteiger partial charge on any atom is 0.253 e. The van der Waals surface area contributed by atoms with Crippen molar-refractivity contribution < 1.29 is 13.2 Å². The van der Waals surface area contributed by atoms with Crippen LogP contribution in [0.5, 0.6) is 0 Å². The number of nitrogens with one attached hydrogen (secondary N) is 1. The molecule has 2 aromatic carbocycles. The molecule has 6 nitrogen and oxygen atoms in total. The highest BCUT2D eigenvalue weighted by Gasteiger charge is 2.48. The molecule has 1 saturated carbocycles. The fraction of sp³-hybridized carbons (Fsp3) is 0.478. The lowest BCUT2D eigenvalue weighted by atomic mass is 9.88. The Hall–Kier alpha value is -2.25. The van der Waals surface area contributed by atoms with E-state index in [1.165, 1.54) is 23.6 Å². The van der Waals surface area contributed by atoms with Crippen molar-refractivity contribution in [1.29, 1.82) is 0 Å². The average molecular weight is 426 g/mol. The standard InChI is InChI=1S/C23H27N3O3S/c27-22-23(25-21(24-22)18-8-2-1-3-9-18)13-15-26(16-14-23)30(28,29)20-12-6-10-17-7-4-5-11-19(17)20/h4-7,10-12,18H,1-3,8-9,13-16H2,(H,24,25,27). The van der Waals surface area contributed by atoms with E-state index >= 15 is 0 Å². The van der Waals surface area contributed by atoms with Gasteiger partial charge < -0.3 is 5.32 Å². The van der Waals surface area contributed by atoms with Crippen molar-refractivity contribution in [1.82, 2.24) is 9.62 Å². The number of carbonyl (C=O) groups is 1. The number of benzene rings is 2. The van der Waals surface area contributed by atoms with E-state index in [9.17, 15) is 13.2 Å². The van der Waals surface area contributed by atoms with Gasteiger partial charge in [-0.1, -0.05) is 55.7 Å². The first-order valence-electron chi connectivity index (χ1n) is 10.9. The molecule has 2 aromatic rings. The predicted octanol–water partition coefficient (Wildman–Crippen LogP) is 3.47. The minimum Gasteiger partial charge on any atom is -0.312 e. The molecule has 0 unspecified atom stereocenters. The molecule has 0 bridgehead atoms. The summed E-state index contributed by atoms with van der Waals surface area (Å²) in [6, 6.07) is 12.9. The number of piperidine rings is 1. The number of sulfonamides is 1. The Morgan fingerprint density at radius 3 is 2.43 bits per heavy atom. The number of amidine groups is 1. The Labute approximate surface area is 177 Å². The summed E-state index contributed by atoms with van der Waals surface area (Å²) in [6.45, 7) is 0.612. The molecule has 3 aliphatic rings. The first-order chi connectivity index (χ1) is 14.5. The number of aliphatic imine (C=N–C) groups is 1. The predicted molar refractivity (Wildman–Crippen MR) is 117 cm³/mol. The number of hydrogen-bond donors (Lipinski definition) is 1. The fourth-order valence-electron chi connectivity index (χ4n) is 5.11. The molecule has 0 aromatic heterocycles. The van der Waals surface area contributed by atoms with E-state index in [1.54, 1.807) is 12.1 Å². The molecule has 1 aliphatic carbocycles. The highest BCUT2D eigenvalue weighted by atomic mass is 32.2. The topological polar surface area (TPSA) is 78.8 Å². The van der Waals surface area contributed by atoms with Crippen LogP contribution in [0.4, 0.5) is 0 Å². The molecule has 1 saturated heterocycles. The lowest BCUT2D eigenvalue weighted by Gasteiger charge is -2.35. The summed E-state index contributed by atoms with van der Waals surface area (Å²) >= 11 is 0. The van der Waals surface area contributed by atoms with E-state index in [4.69, 9.17) is 4.99 Å². The molecule has 5 rings (SSSR count). The molecule has 0 radical (unpaired) electrons. The van der Waals surface area contributed by atoms with Crippen molar-refractivity contribution in [3.8, 4) is 0 Å². The van der Waals surface area contributed by atoms with Crippen molar-refractivity contribution in [2.75, 3.05) is 13.1 Å². The van der Waals surface area contributed by atoms with Crippen LogP contribution < -0.4 is 5.32 Å². The lowest BCUT2D eigenvalue weighted by molar-refractivity contribution is -0.125. The van der Waals surface area contributed by atoms with Crippen LogP contribution in [0.1, 0.15) is 44.9 Å². The molecule has 2 heterocycles. The molecular formula is C23H27N3O3S. The summed E-state index contributed by atoms with van der Waals surface area (Å²) in [5.74, 6) is 1.13. The monoisotopic (exact) mass is 425 g/mol. The first kappa shape index (κ1) is 19.7. The van der Waals surface area contributed by atoms with Crippen molar-refractivity contribution >= 4 is 32.5 Å². The third kappa shape index (κ3) is 3.24. The van der Waals surface area contributed by atoms with Crippen molar-refractivity contribution in [3.05, 3.63) is 42.5 Å². The Kier molecular flexibility index (Phi) is 4.90. The van der Waals surface area contributed by atoms with Gasteiger partial charge >= 0.3 is 0 Å². The van der Waals surface area contributed by atoms with Gasteiger partial charge in [-0.3, -0.25) is 9.79 Å². The van der Waals surface area contributed by atoms with Gasteiger partial charge in [0.2, 0.25) is 10.0 Å². The van der Waals surface area contributed by atoms with Crippen molar-refractivity contribution in [2.45, 2.75) is 55.4 Å². The van der Waals surface area contributed by atoms with Crippen LogP contribution in [0.3, 0.4) is 0 Å². The van der Waals surface area contributed by atoms with Crippen molar-refractivity contribution in [2.24, 2.45) is 10.9 Å². The zero-order chi connectivity index (χ0) is 20.8. The molecular weight excluding hydrogens is 398 g/mol. The minimum atomic E-state index is -3.63. The third-order valence-corrected chi connectivity index (χ3v) is 8.86. The zero-order valence-electron chi connectivity index (χ0n) is 17.0. The summed E-state index contributed by atoms with van der Waals surface area (Å²) in [6.07, 6.45) is 6.64. The molecule has 2 fully saturated rings. The highest BCUT2D eigenvalue weighted by molar-refractivity contribution is 7.89. The smallest absolute Gasteiger partial charge is 0.253 e. The second kappa shape index (κ2) is 7.46. The van der Waals surface area contributed by atoms with Crippen LogP contribution in [0.2, 0.25) is 0 Å².